The summed E-state index contributed by atoms with van der Waals surface area (Å²) in [7, 11) is 1.49. The monoisotopic (exact) mass is 2160 g/mol. The molecule has 0 aromatic heterocycles. The molecule has 5 unspecified atom stereocenters. The molecule has 0 saturated carbocycles. The summed E-state index contributed by atoms with van der Waals surface area (Å²) in [4.78, 5) is 73.7. The van der Waals surface area contributed by atoms with Gasteiger partial charge in [0, 0.05) is 74.7 Å². The number of halogens is 9. The van der Waals surface area contributed by atoms with E-state index < -0.39 is 63.9 Å². The average Bonchev–Trinajstić information content (AvgIpc) is 0.807. The molecule has 0 aliphatic heterocycles. The van der Waals surface area contributed by atoms with E-state index in [0.717, 1.165) is 66.8 Å². The van der Waals surface area contributed by atoms with Gasteiger partial charge >= 0.3 is 0 Å². The molecule has 0 saturated heterocycles. The van der Waals surface area contributed by atoms with Gasteiger partial charge in [0.1, 0.15) is 22.8 Å². The van der Waals surface area contributed by atoms with Gasteiger partial charge < -0.3 is 51.7 Å². The van der Waals surface area contributed by atoms with Crippen LogP contribution in [0.5, 0.6) is 28.7 Å². The van der Waals surface area contributed by atoms with Crippen LogP contribution in [0, 0.1) is 136 Å². The zero-order valence-electron chi connectivity index (χ0n) is 81.0. The van der Waals surface area contributed by atoms with E-state index in [1.54, 1.807) is 99.6 Å². The van der Waals surface area contributed by atoms with Crippen molar-refractivity contribution in [1.29, 1.82) is 26.3 Å². The van der Waals surface area contributed by atoms with E-state index in [9.17, 15) is 80.8 Å². The first-order chi connectivity index (χ1) is 70.5. The van der Waals surface area contributed by atoms with Crippen LogP contribution in [0.25, 0.3) is 0 Å². The van der Waals surface area contributed by atoms with Crippen molar-refractivity contribution in [2.45, 2.75) is 106 Å². The number of nitriles is 5. The highest BCUT2D eigenvalue weighted by molar-refractivity contribution is 6.37. The minimum absolute atomic E-state index is 0. The molecule has 0 fully saturated rings. The minimum atomic E-state index is -0.607. The summed E-state index contributed by atoms with van der Waals surface area (Å²) in [5, 5.41) is 116. The molecule has 15 rings (SSSR count). The van der Waals surface area contributed by atoms with E-state index in [2.05, 4.69) is 56.9 Å². The number of phenols is 4. The number of rotatable bonds is 22. The Labute approximate surface area is 907 Å². The number of hydrogen-bond donors (Lipinski definition) is 9. The number of anilines is 5. The third kappa shape index (κ3) is 29.1. The fourth-order valence-corrected chi connectivity index (χ4v) is 17.7. The number of aryl methyl sites for hydroxylation is 10. The van der Waals surface area contributed by atoms with E-state index in [0.29, 0.717) is 119 Å². The van der Waals surface area contributed by atoms with E-state index in [4.69, 9.17) is 109 Å². The lowest BCUT2D eigenvalue weighted by Gasteiger charge is -2.17. The number of phenolic OH excluding ortho intramolecular Hbond substituents is 4. The highest BCUT2D eigenvalue weighted by atomic mass is 35.5. The lowest BCUT2D eigenvalue weighted by atomic mass is 9.90. The number of nitro groups is 1. The van der Waals surface area contributed by atoms with Crippen LogP contribution < -0.4 is 31.3 Å². The van der Waals surface area contributed by atoms with Crippen LogP contribution in [-0.4, -0.2) is 62.0 Å². The molecule has 9 N–H and O–H groups in total. The SMILES string of the molecule is C.COc1ccc(Cl)cc1C(=O)Nc1cc(Cl)c(C(C#N)c2ccc(C)cc2)cc1C.Cc1ccc(C(C#N)c2cc(C)c(NC(=O)c3cc(Cl)cc(Cl)c3O)cc2Cl)cc1.Cc1ccc(C(C#N)c2cc(C)c(NC(=O)c3cc(Cl)ccc3O)cc2Cl)cc1.Cc1ccc(C(C#N)c2cc(C)c(NC(=O)c3cccc(O)c3O)cc2Cl)cc1.Cc1ccc(C(C#N)c2cc(C)c(NC(=O)c3ccccc3[N+](=O)[O-])cc2Cl)cc1. The Kier molecular flexibility index (Phi) is 40.5. The topological polar surface area (TPSA) is 398 Å². The number of carbonyl (C=O) groups excluding carboxylic acids is 5. The normalized spacial score (nSPS) is 11.4. The van der Waals surface area contributed by atoms with Gasteiger partial charge in [0.2, 0.25) is 0 Å². The fraction of sp³-hybridized carbons (Fsp3) is 0.145. The van der Waals surface area contributed by atoms with Gasteiger partial charge in [-0.25, -0.2) is 0 Å². The Morgan fingerprint density at radius 3 is 0.872 bits per heavy atom. The van der Waals surface area contributed by atoms with Gasteiger partial charge in [-0.2, -0.15) is 26.3 Å². The third-order valence-corrected chi connectivity index (χ3v) is 26.3. The molecule has 15 aromatic rings. The van der Waals surface area contributed by atoms with Crippen molar-refractivity contribution in [2.75, 3.05) is 33.7 Å². The Morgan fingerprint density at radius 1 is 0.295 bits per heavy atom. The molecular weight excluding hydrogens is 2070 g/mol. The fourth-order valence-electron chi connectivity index (χ4n) is 15.5. The lowest BCUT2D eigenvalue weighted by Crippen LogP contribution is -2.15. The Hall–Kier alpha value is -15.9. The standard InChI is InChI=1S/C24H20Cl2N2O2.C23H17Cl3N2O2.C23H18Cl2N2O2.C23H18ClN3O3.C23H19ClN2O3.CH4/c1-14-4-6-16(7-5-14)20(13-27)18-10-15(2)22(12-21(18)26)28-24(29)19-11-17(25)8-9-23(19)30-3;1-12-3-5-14(6-4-12)18(11-27)16-7-13(2)21(10-19(16)25)28-23(30)17-8-15(24)9-20(26)22(17)29;1-13-3-5-15(6-4-13)19(12-26)17-9-14(2)21(11-20(17)25)27-23(29)18-10-16(24)7-8-22(18)28;1-14-7-9-16(10-8-14)19(13-25)18-11-15(2)21(12-20(18)24)26-23(28)17-5-3-4-6-22(17)27(29)30;1-13-6-8-15(9-7-13)18(12-25)17-10-14(2)20(11-19(17)24)26-23(29)16-4-3-5-21(27)22(16)28;/h4-12,20H,1-3H3,(H,28,29);3-10,18,29H,1-2H3,(H,28,30);3-11,19,28H,1-2H3,(H,27,29);3-12,19H,1-2H3,(H,26,28);3-11,18,27-28H,1-2H3,(H,26,29);1H4. The van der Waals surface area contributed by atoms with Crippen molar-refractivity contribution in [3.63, 3.8) is 0 Å². The smallest absolute Gasteiger partial charge is 0.282 e. The maximum Gasteiger partial charge on any atom is 0.282 e. The average molecular weight is 2170 g/mol. The summed E-state index contributed by atoms with van der Waals surface area (Å²) in [6.07, 6.45) is 0. The summed E-state index contributed by atoms with van der Waals surface area (Å²) >= 11 is 56.2. The van der Waals surface area contributed by atoms with Crippen molar-refractivity contribution in [1.82, 2.24) is 0 Å². The molecular formula is C117H96Cl9N11O12. The molecule has 0 spiro atoms. The number of amides is 5. The zero-order valence-corrected chi connectivity index (χ0v) is 87.8. The summed E-state index contributed by atoms with van der Waals surface area (Å²) < 4.78 is 5.25. The van der Waals surface area contributed by atoms with Crippen LogP contribution in [0.3, 0.4) is 0 Å². The maximum absolute atomic E-state index is 12.8. The predicted octanol–water partition coefficient (Wildman–Crippen LogP) is 31.3. The highest BCUT2D eigenvalue weighted by Crippen LogP contribution is 2.43. The molecule has 0 bridgehead atoms. The number of nitrogens with zero attached hydrogens (tertiary/aromatic N) is 6. The van der Waals surface area contributed by atoms with Crippen LogP contribution in [0.15, 0.2) is 273 Å². The van der Waals surface area contributed by atoms with Gasteiger partial charge in [-0.1, -0.05) is 310 Å². The number of hydrogen-bond acceptors (Lipinski definition) is 17. The second-order valence-corrected chi connectivity index (χ2v) is 38.1. The zero-order chi connectivity index (χ0) is 108. The summed E-state index contributed by atoms with van der Waals surface area (Å²) in [5.74, 6) is -6.30. The predicted molar refractivity (Wildman–Crippen MR) is 593 cm³/mol. The summed E-state index contributed by atoms with van der Waals surface area (Å²) in [6, 6.07) is 88.6. The largest absolute Gasteiger partial charge is 0.507 e. The van der Waals surface area contributed by atoms with E-state index in [1.165, 1.54) is 73.8 Å². The van der Waals surface area contributed by atoms with E-state index in [1.807, 2.05) is 176 Å². The summed E-state index contributed by atoms with van der Waals surface area (Å²) in [5.41, 5.74) is 18.9. The molecule has 0 aliphatic rings. The van der Waals surface area contributed by atoms with Crippen LogP contribution in [0.1, 0.15) is 200 Å². The second kappa shape index (κ2) is 52.4. The van der Waals surface area contributed by atoms with E-state index in [-0.39, 0.29) is 68.6 Å². The number of ether oxygens (including phenoxy) is 1. The quantitative estimate of drug-likeness (QED) is 0.0173. The van der Waals surface area contributed by atoms with Crippen LogP contribution in [-0.2, 0) is 0 Å². The number of methoxy groups -OCH3 is 1. The van der Waals surface area contributed by atoms with E-state index >= 15 is 0 Å². The van der Waals surface area contributed by atoms with Crippen LogP contribution in [0.4, 0.5) is 34.1 Å². The van der Waals surface area contributed by atoms with Crippen molar-refractivity contribution in [2.24, 2.45) is 0 Å². The first-order valence-corrected chi connectivity index (χ1v) is 48.5. The van der Waals surface area contributed by atoms with Gasteiger partial charge in [0.25, 0.3) is 35.2 Å². The highest BCUT2D eigenvalue weighted by Gasteiger charge is 2.29. The summed E-state index contributed by atoms with van der Waals surface area (Å²) in [6.45, 7) is 18.9. The Morgan fingerprint density at radius 2 is 0.564 bits per heavy atom. The first kappa shape index (κ1) is 115. The van der Waals surface area contributed by atoms with Gasteiger partial charge in [0.05, 0.1) is 99.2 Å². The van der Waals surface area contributed by atoms with Crippen molar-refractivity contribution in [3.05, 3.63) is 467 Å². The molecule has 754 valence electrons. The van der Waals surface area contributed by atoms with Crippen LogP contribution in [0.2, 0.25) is 45.2 Å². The molecule has 0 radical (unpaired) electrons. The van der Waals surface area contributed by atoms with Crippen molar-refractivity contribution >= 4 is 168 Å². The minimum Gasteiger partial charge on any atom is -0.507 e. The van der Waals surface area contributed by atoms with Gasteiger partial charge in [0.15, 0.2) is 11.5 Å². The Bertz CT molecular complexity index is 7710. The number of benzene rings is 15. The molecule has 149 heavy (non-hydrogen) atoms. The van der Waals surface area contributed by atoms with Crippen molar-refractivity contribution in [3.8, 4) is 59.1 Å². The van der Waals surface area contributed by atoms with Gasteiger partial charge in [-0.05, 0) is 250 Å². The molecule has 32 heteroatoms. The van der Waals surface area contributed by atoms with Gasteiger partial charge in [-0.15, -0.1) is 0 Å². The van der Waals surface area contributed by atoms with Crippen LogP contribution >= 0.6 is 104 Å². The number of carbonyl (C=O) groups is 5. The number of nitrogens with one attached hydrogen (secondary N) is 5. The van der Waals surface area contributed by atoms with Gasteiger partial charge in [-0.3, -0.25) is 34.1 Å². The first-order valence-electron chi connectivity index (χ1n) is 45.1. The second-order valence-electron chi connectivity index (χ2n) is 34.3. The molecule has 5 atom stereocenters. The number of nitro benzene ring substituents is 1. The molecule has 23 nitrogen and oxygen atoms in total. The third-order valence-electron chi connectivity index (χ3n) is 23.7. The Balaban J connectivity index is 0.000000190. The molecule has 5 amide bonds. The lowest BCUT2D eigenvalue weighted by molar-refractivity contribution is -0.385. The number of aromatic hydroxyl groups is 4. The number of para-hydroxylation sites is 2. The molecule has 0 aliphatic carbocycles. The maximum atomic E-state index is 12.8. The molecule has 0 heterocycles. The van der Waals surface area contributed by atoms with Crippen molar-refractivity contribution < 1.29 is 54.1 Å². The molecule has 15 aromatic carbocycles.